The van der Waals surface area contributed by atoms with Crippen LogP contribution in [-0.4, -0.2) is 73.0 Å². The number of rotatable bonds is 3. The number of imidazole rings is 1. The number of benzene rings is 1. The molecular weight excluding hydrogens is 554 g/mol. The van der Waals surface area contributed by atoms with Gasteiger partial charge in [-0.3, -0.25) is 10.1 Å². The monoisotopic (exact) mass is 599 g/mol. The van der Waals surface area contributed by atoms with Crippen molar-refractivity contribution >= 4 is 28.0 Å². The van der Waals surface area contributed by atoms with E-state index in [4.69, 9.17) is 20.4 Å². The van der Waals surface area contributed by atoms with Crippen molar-refractivity contribution in [1.82, 2.24) is 29.3 Å². The number of carbonyl (C=O) groups excluding carboxylic acids is 1. The van der Waals surface area contributed by atoms with E-state index in [2.05, 4.69) is 46.5 Å². The smallest absolute Gasteiger partial charge is 0.254 e. The Morgan fingerprint density at radius 1 is 1.11 bits per heavy atom. The Hall–Kier alpha value is -3.47. The lowest BCUT2D eigenvalue weighted by molar-refractivity contribution is 0.0726. The van der Waals surface area contributed by atoms with Crippen LogP contribution in [0.3, 0.4) is 0 Å². The van der Waals surface area contributed by atoms with Gasteiger partial charge in [-0.05, 0) is 75.4 Å². The van der Waals surface area contributed by atoms with Gasteiger partial charge in [0.25, 0.3) is 5.91 Å². The molecule has 3 aliphatic rings. The van der Waals surface area contributed by atoms with E-state index in [1.807, 2.05) is 24.1 Å². The number of hydrogen-bond donors (Lipinski definition) is 3. The lowest BCUT2D eigenvalue weighted by Crippen LogP contribution is -2.40. The summed E-state index contributed by atoms with van der Waals surface area (Å²) in [7, 11) is 3.66. The summed E-state index contributed by atoms with van der Waals surface area (Å²) in [6, 6.07) is 10.6. The molecule has 4 aromatic rings. The first-order chi connectivity index (χ1) is 21.2. The predicted octanol–water partition coefficient (Wildman–Crippen LogP) is 4.45. The van der Waals surface area contributed by atoms with Gasteiger partial charge in [-0.1, -0.05) is 26.7 Å². The average Bonchev–Trinajstić information content (AvgIpc) is 3.74. The van der Waals surface area contributed by atoms with Gasteiger partial charge in [0.05, 0.1) is 18.3 Å². The SMILES string of the molecule is COc1cc(C(=O)N2[C@H]3CC[C@@H]2[C@H](N)C3)cc2nc(-c3cc4ccc5nc4n3CCCCCCNC(O)CC5(C)C)n(C)c12. The lowest BCUT2D eigenvalue weighted by Gasteiger charge is -2.28. The summed E-state index contributed by atoms with van der Waals surface area (Å²) in [5.74, 6) is 1.46. The number of aliphatic hydroxyl groups excluding tert-OH is 1. The highest BCUT2D eigenvalue weighted by Gasteiger charge is 2.47. The Labute approximate surface area is 258 Å². The Kier molecular flexibility index (Phi) is 7.42. The van der Waals surface area contributed by atoms with E-state index in [1.165, 1.54) is 0 Å². The standard InChI is InChI=1S/C34H45N7O3/c1-34(2)19-29(42)36-13-7-5-6-8-14-40-26(16-20-9-12-28(34)38-31(20)40)32-37-24-15-21(17-27(44-4)30(24)39(32)3)33(43)41-22-10-11-25(41)23(35)18-22/h9,12,15-17,22-23,25,29,36,42H,5-8,10-11,13-14,18-19,35H2,1-4H3/t22-,23+,25+,29?/m0/s1. The molecule has 4 N–H and O–H groups in total. The van der Waals surface area contributed by atoms with Gasteiger partial charge >= 0.3 is 0 Å². The zero-order valence-electron chi connectivity index (χ0n) is 26.3. The van der Waals surface area contributed by atoms with Gasteiger partial charge in [-0.2, -0.15) is 0 Å². The summed E-state index contributed by atoms with van der Waals surface area (Å²) in [5, 5.41) is 15.0. The van der Waals surface area contributed by atoms with Crippen LogP contribution in [0.25, 0.3) is 33.6 Å². The van der Waals surface area contributed by atoms with Crippen LogP contribution in [0.4, 0.5) is 0 Å². The molecule has 3 aromatic heterocycles. The van der Waals surface area contributed by atoms with Crippen LogP contribution in [0.15, 0.2) is 30.3 Å². The predicted molar refractivity (Wildman–Crippen MR) is 172 cm³/mol. The van der Waals surface area contributed by atoms with E-state index in [1.54, 1.807) is 7.11 Å². The minimum absolute atomic E-state index is 0.0137. The quantitative estimate of drug-likeness (QED) is 0.318. The minimum Gasteiger partial charge on any atom is -0.494 e. The third-order valence-corrected chi connectivity index (χ3v) is 10.3. The summed E-state index contributed by atoms with van der Waals surface area (Å²) in [5.41, 5.74) is 11.1. The summed E-state index contributed by atoms with van der Waals surface area (Å²) < 4.78 is 10.3. The van der Waals surface area contributed by atoms with Crippen LogP contribution in [0.2, 0.25) is 0 Å². The number of ether oxygens (including phenoxy) is 1. The highest BCUT2D eigenvalue weighted by Crippen LogP contribution is 2.40. The maximum Gasteiger partial charge on any atom is 0.254 e. The number of fused-ring (bicyclic) bond motifs is 4. The molecule has 4 atom stereocenters. The molecule has 10 heteroatoms. The summed E-state index contributed by atoms with van der Waals surface area (Å²) >= 11 is 0. The maximum atomic E-state index is 13.8. The largest absolute Gasteiger partial charge is 0.494 e. The second-order valence-corrected chi connectivity index (χ2v) is 13.7. The van der Waals surface area contributed by atoms with Crippen molar-refractivity contribution < 1.29 is 14.6 Å². The van der Waals surface area contributed by atoms with Crippen molar-refractivity contribution in [2.45, 2.75) is 102 Å². The fraction of sp³-hybridized carbons (Fsp3) is 0.559. The Bertz CT molecular complexity index is 1720. The van der Waals surface area contributed by atoms with Crippen molar-refractivity contribution in [3.05, 3.63) is 41.6 Å². The van der Waals surface area contributed by atoms with Crippen molar-refractivity contribution in [2.24, 2.45) is 12.8 Å². The molecule has 2 saturated heterocycles. The van der Waals surface area contributed by atoms with E-state index in [0.29, 0.717) is 17.7 Å². The number of aliphatic hydroxyl groups is 1. The first-order valence-corrected chi connectivity index (χ1v) is 16.2. The number of pyridine rings is 1. The van der Waals surface area contributed by atoms with Gasteiger partial charge in [0.15, 0.2) is 5.82 Å². The highest BCUT2D eigenvalue weighted by molar-refractivity contribution is 6.00. The first kappa shape index (κ1) is 29.3. The van der Waals surface area contributed by atoms with Gasteiger partial charge < -0.3 is 29.6 Å². The first-order valence-electron chi connectivity index (χ1n) is 16.2. The molecule has 44 heavy (non-hydrogen) atoms. The fourth-order valence-electron chi connectivity index (χ4n) is 7.91. The summed E-state index contributed by atoms with van der Waals surface area (Å²) in [6.45, 7) is 5.92. The molecule has 0 aliphatic carbocycles. The second-order valence-electron chi connectivity index (χ2n) is 13.7. The molecule has 1 unspecified atom stereocenters. The Morgan fingerprint density at radius 3 is 2.68 bits per heavy atom. The van der Waals surface area contributed by atoms with E-state index in [0.717, 1.165) is 97.3 Å². The van der Waals surface area contributed by atoms with E-state index in [-0.39, 0.29) is 29.4 Å². The minimum atomic E-state index is -0.572. The van der Waals surface area contributed by atoms with Gasteiger partial charge in [0.2, 0.25) is 0 Å². The number of nitrogens with zero attached hydrogens (tertiary/aromatic N) is 5. The molecular formula is C34H45N7O3. The molecule has 1 aromatic carbocycles. The summed E-state index contributed by atoms with van der Waals surface area (Å²) in [4.78, 5) is 26.2. The van der Waals surface area contributed by atoms with E-state index in [9.17, 15) is 9.90 Å². The molecule has 1 amide bonds. The molecule has 234 valence electrons. The van der Waals surface area contributed by atoms with Crippen LogP contribution >= 0.6 is 0 Å². The van der Waals surface area contributed by atoms with Crippen molar-refractivity contribution in [3.63, 3.8) is 0 Å². The van der Waals surface area contributed by atoms with E-state index >= 15 is 0 Å². The Balaban J connectivity index is 1.33. The number of hydrogen-bond acceptors (Lipinski definition) is 7. The zero-order valence-corrected chi connectivity index (χ0v) is 26.3. The number of methoxy groups -OCH3 is 1. The Morgan fingerprint density at radius 2 is 1.93 bits per heavy atom. The molecule has 0 spiro atoms. The van der Waals surface area contributed by atoms with Crippen LogP contribution in [0.1, 0.15) is 81.3 Å². The number of amides is 1. The number of carbonyl (C=O) groups is 1. The van der Waals surface area contributed by atoms with Crippen LogP contribution < -0.4 is 15.8 Å². The summed E-state index contributed by atoms with van der Waals surface area (Å²) in [6.07, 6.45) is 7.11. The zero-order chi connectivity index (χ0) is 30.7. The average molecular weight is 600 g/mol. The maximum absolute atomic E-state index is 13.8. The number of aryl methyl sites for hydroxylation is 2. The fourth-order valence-corrected chi connectivity index (χ4v) is 7.91. The molecule has 4 bridgehead atoms. The highest BCUT2D eigenvalue weighted by atomic mass is 16.5. The van der Waals surface area contributed by atoms with Gasteiger partial charge in [0.1, 0.15) is 23.1 Å². The molecule has 2 fully saturated rings. The lowest BCUT2D eigenvalue weighted by atomic mass is 9.84. The molecule has 7 rings (SSSR count). The number of nitrogens with one attached hydrogen (secondary N) is 1. The molecule has 3 aliphatic heterocycles. The van der Waals surface area contributed by atoms with E-state index < -0.39 is 6.23 Å². The molecule has 0 radical (unpaired) electrons. The topological polar surface area (TPSA) is 123 Å². The van der Waals surface area contributed by atoms with Gasteiger partial charge in [-0.25, -0.2) is 9.97 Å². The number of aromatic nitrogens is 4. The van der Waals surface area contributed by atoms with Gasteiger partial charge in [0, 0.05) is 53.8 Å². The van der Waals surface area contributed by atoms with Crippen molar-refractivity contribution in [3.8, 4) is 17.3 Å². The normalized spacial score (nSPS) is 25.6. The van der Waals surface area contributed by atoms with Crippen molar-refractivity contribution in [1.29, 1.82) is 0 Å². The van der Waals surface area contributed by atoms with Crippen LogP contribution in [0.5, 0.6) is 5.75 Å². The van der Waals surface area contributed by atoms with Crippen LogP contribution in [-0.2, 0) is 19.0 Å². The molecule has 6 heterocycles. The second kappa shape index (κ2) is 11.2. The number of nitrogens with two attached hydrogens (primary N) is 1. The van der Waals surface area contributed by atoms with Crippen LogP contribution in [0, 0.1) is 0 Å². The third kappa shape index (κ3) is 4.87. The van der Waals surface area contributed by atoms with Gasteiger partial charge in [-0.15, -0.1) is 0 Å². The molecule has 0 saturated carbocycles. The molecule has 10 nitrogen and oxygen atoms in total. The third-order valence-electron chi connectivity index (χ3n) is 10.3. The van der Waals surface area contributed by atoms with Crippen molar-refractivity contribution in [2.75, 3.05) is 13.7 Å².